The van der Waals surface area contributed by atoms with Gasteiger partial charge < -0.3 is 4.90 Å². The van der Waals surface area contributed by atoms with E-state index in [0.29, 0.717) is 0 Å². The number of hydrogen-bond donors (Lipinski definition) is 0. The highest BCUT2D eigenvalue weighted by Crippen LogP contribution is 2.51. The van der Waals surface area contributed by atoms with Gasteiger partial charge in [-0.15, -0.1) is 11.3 Å². The molecule has 1 nitrogen and oxygen atoms in total. The Hall–Kier alpha value is -5.70. The molecule has 0 amide bonds. The molecule has 0 saturated heterocycles. The highest BCUT2D eigenvalue weighted by Gasteiger charge is 2.35. The van der Waals surface area contributed by atoms with Crippen LogP contribution < -0.4 is 4.90 Å². The molecule has 8 aromatic rings. The lowest BCUT2D eigenvalue weighted by Gasteiger charge is -2.28. The maximum atomic E-state index is 2.43. The standard InChI is InChI=1S/C49H37NS/c1-49(2)44-14-8-6-12-41(44)42-28-26-39(31-45(42)49)50(37-22-16-33(17-23-37)32-10-4-3-5-11-32)38-24-18-34(19-25-38)35-20-27-40-36(30-35)21-29-47-48(40)43-13-7-9-15-46(43)51-47/h3-19,21-26,28-31H,20,27H2,1-2H3. The van der Waals surface area contributed by atoms with E-state index in [0.717, 1.165) is 24.2 Å². The summed E-state index contributed by atoms with van der Waals surface area (Å²) in [4.78, 5) is 2.42. The third kappa shape index (κ3) is 4.89. The molecule has 0 saturated carbocycles. The first kappa shape index (κ1) is 30.2. The zero-order valence-corrected chi connectivity index (χ0v) is 29.7. The number of allylic oxidation sites excluding steroid dienone is 1. The third-order valence-electron chi connectivity index (χ3n) is 11.2. The van der Waals surface area contributed by atoms with Crippen LogP contribution in [0.3, 0.4) is 0 Å². The van der Waals surface area contributed by atoms with E-state index < -0.39 is 0 Å². The molecule has 0 spiro atoms. The maximum Gasteiger partial charge on any atom is 0.0465 e. The molecule has 10 rings (SSSR count). The van der Waals surface area contributed by atoms with Crippen LogP contribution in [0.15, 0.2) is 158 Å². The van der Waals surface area contributed by atoms with Crippen LogP contribution in [0.1, 0.15) is 48.1 Å². The average molecular weight is 672 g/mol. The van der Waals surface area contributed by atoms with Gasteiger partial charge in [-0.3, -0.25) is 0 Å². The Balaban J connectivity index is 1.04. The first-order chi connectivity index (χ1) is 25.0. The molecule has 0 radical (unpaired) electrons. The van der Waals surface area contributed by atoms with Crippen LogP contribution in [-0.2, 0) is 11.8 Å². The van der Waals surface area contributed by atoms with Gasteiger partial charge in [-0.25, -0.2) is 0 Å². The second-order valence-electron chi connectivity index (χ2n) is 14.5. The zero-order valence-electron chi connectivity index (χ0n) is 28.9. The molecule has 2 aliphatic carbocycles. The minimum absolute atomic E-state index is 0.0702. The van der Waals surface area contributed by atoms with Crippen molar-refractivity contribution >= 4 is 60.2 Å². The van der Waals surface area contributed by atoms with Crippen LogP contribution >= 0.6 is 11.3 Å². The molecule has 2 heteroatoms. The van der Waals surface area contributed by atoms with Gasteiger partial charge in [0.2, 0.25) is 0 Å². The number of nitrogens with zero attached hydrogens (tertiary/aromatic N) is 1. The second-order valence-corrected chi connectivity index (χ2v) is 15.6. The smallest absolute Gasteiger partial charge is 0.0465 e. The van der Waals surface area contributed by atoms with Crippen molar-refractivity contribution in [3.8, 4) is 22.3 Å². The average Bonchev–Trinajstić information content (AvgIpc) is 3.68. The Labute approximate surface area is 303 Å². The number of aryl methyl sites for hydroxylation is 1. The summed E-state index contributed by atoms with van der Waals surface area (Å²) in [5.74, 6) is 0. The summed E-state index contributed by atoms with van der Waals surface area (Å²) in [5, 5.41) is 2.85. The number of hydrogen-bond acceptors (Lipinski definition) is 2. The van der Waals surface area contributed by atoms with E-state index in [-0.39, 0.29) is 5.41 Å². The van der Waals surface area contributed by atoms with Gasteiger partial charge >= 0.3 is 0 Å². The molecule has 0 fully saturated rings. The van der Waals surface area contributed by atoms with Gasteiger partial charge in [-0.1, -0.05) is 129 Å². The lowest BCUT2D eigenvalue weighted by molar-refractivity contribution is 0.660. The SMILES string of the molecule is CC1(C)c2ccccc2-c2ccc(N(c3ccc(C4=Cc5ccc6sc7ccccc7c6c5CC4)cc3)c3ccc(-c4ccccc4)cc3)cc21. The summed E-state index contributed by atoms with van der Waals surface area (Å²) in [7, 11) is 0. The topological polar surface area (TPSA) is 3.24 Å². The van der Waals surface area contributed by atoms with Gasteiger partial charge in [-0.2, -0.15) is 0 Å². The predicted molar refractivity (Wildman–Crippen MR) is 220 cm³/mol. The van der Waals surface area contributed by atoms with E-state index in [9.17, 15) is 0 Å². The summed E-state index contributed by atoms with van der Waals surface area (Å²) < 4.78 is 2.77. The summed E-state index contributed by atoms with van der Waals surface area (Å²) in [5.41, 5.74) is 16.9. The molecule has 0 atom stereocenters. The van der Waals surface area contributed by atoms with E-state index in [1.165, 1.54) is 81.5 Å². The molecule has 1 aromatic heterocycles. The van der Waals surface area contributed by atoms with Crippen molar-refractivity contribution in [2.75, 3.05) is 4.90 Å². The Kier molecular flexibility index (Phi) is 6.91. The van der Waals surface area contributed by atoms with Crippen molar-refractivity contribution in [2.24, 2.45) is 0 Å². The van der Waals surface area contributed by atoms with Crippen molar-refractivity contribution in [3.05, 3.63) is 186 Å². The number of thiophene rings is 1. The van der Waals surface area contributed by atoms with E-state index in [4.69, 9.17) is 0 Å². The van der Waals surface area contributed by atoms with E-state index in [1.54, 1.807) is 0 Å². The molecule has 51 heavy (non-hydrogen) atoms. The molecular weight excluding hydrogens is 635 g/mol. The quantitative estimate of drug-likeness (QED) is 0.176. The molecular formula is C49H37NS. The fourth-order valence-corrected chi connectivity index (χ4v) is 9.73. The molecule has 0 unspecified atom stereocenters. The largest absolute Gasteiger partial charge is 0.310 e. The number of rotatable bonds is 5. The van der Waals surface area contributed by atoms with Crippen LogP contribution in [0.4, 0.5) is 17.1 Å². The van der Waals surface area contributed by atoms with Gasteiger partial charge in [0, 0.05) is 42.6 Å². The normalized spacial score (nSPS) is 14.2. The van der Waals surface area contributed by atoms with Crippen molar-refractivity contribution in [3.63, 3.8) is 0 Å². The fourth-order valence-electron chi connectivity index (χ4n) is 8.59. The van der Waals surface area contributed by atoms with Gasteiger partial charge in [0.25, 0.3) is 0 Å². The summed E-state index contributed by atoms with van der Waals surface area (Å²) in [6.45, 7) is 4.72. The number of anilines is 3. The number of fused-ring (bicyclic) bond motifs is 8. The van der Waals surface area contributed by atoms with Crippen LogP contribution in [-0.4, -0.2) is 0 Å². The minimum Gasteiger partial charge on any atom is -0.310 e. The Bertz CT molecular complexity index is 2640. The molecule has 0 N–H and O–H groups in total. The predicted octanol–water partition coefficient (Wildman–Crippen LogP) is 14.0. The van der Waals surface area contributed by atoms with Crippen LogP contribution in [0.2, 0.25) is 0 Å². The second kappa shape index (κ2) is 11.7. The highest BCUT2D eigenvalue weighted by atomic mass is 32.1. The first-order valence-electron chi connectivity index (χ1n) is 18.0. The molecule has 2 aliphatic rings. The molecule has 0 aliphatic heterocycles. The number of benzene rings is 7. The summed E-state index contributed by atoms with van der Waals surface area (Å²) in [6, 6.07) is 58.3. The van der Waals surface area contributed by atoms with E-state index in [2.05, 4.69) is 183 Å². The zero-order chi connectivity index (χ0) is 34.1. The van der Waals surface area contributed by atoms with Gasteiger partial charge in [0.15, 0.2) is 0 Å². The molecule has 244 valence electrons. The monoisotopic (exact) mass is 671 g/mol. The minimum atomic E-state index is -0.0702. The Morgan fingerprint density at radius 1 is 0.510 bits per heavy atom. The van der Waals surface area contributed by atoms with E-state index >= 15 is 0 Å². The molecule has 1 heterocycles. The molecule has 7 aromatic carbocycles. The summed E-state index contributed by atoms with van der Waals surface area (Å²) in [6.07, 6.45) is 4.54. The Morgan fingerprint density at radius 2 is 1.16 bits per heavy atom. The fraction of sp³-hybridized carbons (Fsp3) is 0.102. The van der Waals surface area contributed by atoms with Crippen LogP contribution in [0.25, 0.3) is 54.1 Å². The van der Waals surface area contributed by atoms with E-state index in [1.807, 2.05) is 11.3 Å². The lowest BCUT2D eigenvalue weighted by atomic mass is 9.82. The van der Waals surface area contributed by atoms with Gasteiger partial charge in [0.1, 0.15) is 0 Å². The van der Waals surface area contributed by atoms with Gasteiger partial charge in [0.05, 0.1) is 0 Å². The van der Waals surface area contributed by atoms with Crippen molar-refractivity contribution in [1.82, 2.24) is 0 Å². The molecule has 0 bridgehead atoms. The van der Waals surface area contributed by atoms with Crippen LogP contribution in [0.5, 0.6) is 0 Å². The van der Waals surface area contributed by atoms with Crippen LogP contribution in [0, 0.1) is 0 Å². The summed E-state index contributed by atoms with van der Waals surface area (Å²) >= 11 is 1.91. The van der Waals surface area contributed by atoms with Crippen molar-refractivity contribution < 1.29 is 0 Å². The maximum absolute atomic E-state index is 2.43. The Morgan fingerprint density at radius 3 is 1.96 bits per heavy atom. The third-order valence-corrected chi connectivity index (χ3v) is 12.4. The van der Waals surface area contributed by atoms with Crippen molar-refractivity contribution in [2.45, 2.75) is 32.1 Å². The van der Waals surface area contributed by atoms with Gasteiger partial charge in [-0.05, 0) is 117 Å². The first-order valence-corrected chi connectivity index (χ1v) is 18.8. The highest BCUT2D eigenvalue weighted by molar-refractivity contribution is 7.25. The van der Waals surface area contributed by atoms with Crippen molar-refractivity contribution in [1.29, 1.82) is 0 Å². The lowest BCUT2D eigenvalue weighted by Crippen LogP contribution is -2.16.